The molecule has 0 amide bonds. The van der Waals surface area contributed by atoms with Crippen molar-refractivity contribution in [3.05, 3.63) is 11.1 Å². The summed E-state index contributed by atoms with van der Waals surface area (Å²) in [6, 6.07) is 1.40. The van der Waals surface area contributed by atoms with Gasteiger partial charge in [-0.05, 0) is 45.4 Å². The third-order valence-corrected chi connectivity index (χ3v) is 7.81. The van der Waals surface area contributed by atoms with Gasteiger partial charge in [-0.25, -0.2) is 4.98 Å². The van der Waals surface area contributed by atoms with Gasteiger partial charge in [-0.3, -0.25) is 4.99 Å². The van der Waals surface area contributed by atoms with Crippen LogP contribution < -0.4 is 15.5 Å². The van der Waals surface area contributed by atoms with Crippen LogP contribution in [0.3, 0.4) is 0 Å². The molecule has 3 fully saturated rings. The summed E-state index contributed by atoms with van der Waals surface area (Å²) in [5.41, 5.74) is 1.18. The maximum Gasteiger partial charge on any atom is 0.191 e. The molecule has 1 saturated carbocycles. The molecule has 0 spiro atoms. The van der Waals surface area contributed by atoms with Gasteiger partial charge in [0.2, 0.25) is 0 Å². The highest BCUT2D eigenvalue weighted by Crippen LogP contribution is 2.26. The maximum atomic E-state index is 4.85. The molecule has 0 atom stereocenters. The van der Waals surface area contributed by atoms with Crippen molar-refractivity contribution >= 4 is 22.4 Å². The molecular weight excluding hydrogens is 392 g/mol. The zero-order chi connectivity index (χ0) is 20.6. The van der Waals surface area contributed by atoms with Gasteiger partial charge in [-0.1, -0.05) is 19.3 Å². The second-order valence-electron chi connectivity index (χ2n) is 9.07. The number of piperidine rings is 1. The van der Waals surface area contributed by atoms with Gasteiger partial charge in [0.25, 0.3) is 0 Å². The second kappa shape index (κ2) is 11.3. The predicted octanol–water partition coefficient (Wildman–Crippen LogP) is 3.64. The Morgan fingerprint density at radius 3 is 2.57 bits per heavy atom. The van der Waals surface area contributed by atoms with Crippen molar-refractivity contribution in [2.75, 3.05) is 44.2 Å². The minimum absolute atomic E-state index is 0.545. The second-order valence-corrected chi connectivity index (χ2v) is 9.91. The van der Waals surface area contributed by atoms with Crippen LogP contribution in [0.2, 0.25) is 0 Å². The molecule has 0 aromatic carbocycles. The number of nitrogens with one attached hydrogen (secondary N) is 2. The Bertz CT molecular complexity index is 654. The fourth-order valence-electron chi connectivity index (χ4n) is 5.12. The van der Waals surface area contributed by atoms with Gasteiger partial charge in [0.15, 0.2) is 11.1 Å². The number of hydrogen-bond acceptors (Lipinski definition) is 5. The van der Waals surface area contributed by atoms with E-state index in [1.807, 2.05) is 0 Å². The van der Waals surface area contributed by atoms with Crippen molar-refractivity contribution in [1.29, 1.82) is 0 Å². The van der Waals surface area contributed by atoms with Crippen molar-refractivity contribution < 1.29 is 0 Å². The summed E-state index contributed by atoms with van der Waals surface area (Å²) in [5.74, 6) is 0.976. The molecule has 2 saturated heterocycles. The van der Waals surface area contributed by atoms with E-state index in [0.717, 1.165) is 31.5 Å². The quantitative estimate of drug-likeness (QED) is 0.509. The normalized spacial score (nSPS) is 22.6. The minimum atomic E-state index is 0.545. The Morgan fingerprint density at radius 1 is 1.07 bits per heavy atom. The largest absolute Gasteiger partial charge is 0.357 e. The minimum Gasteiger partial charge on any atom is -0.357 e. The fourth-order valence-corrected chi connectivity index (χ4v) is 6.03. The number of aliphatic imine (C=N–C) groups is 1. The molecule has 2 aliphatic heterocycles. The number of thiazole rings is 1. The summed E-state index contributed by atoms with van der Waals surface area (Å²) in [4.78, 5) is 14.9. The van der Waals surface area contributed by atoms with E-state index in [9.17, 15) is 0 Å². The van der Waals surface area contributed by atoms with Crippen LogP contribution in [0.25, 0.3) is 0 Å². The average molecular weight is 433 g/mol. The van der Waals surface area contributed by atoms with Crippen LogP contribution in [0.1, 0.15) is 70.4 Å². The predicted molar refractivity (Wildman–Crippen MR) is 128 cm³/mol. The third-order valence-electron chi connectivity index (χ3n) is 6.86. The van der Waals surface area contributed by atoms with Gasteiger partial charge in [0.05, 0.1) is 5.69 Å². The number of nitrogens with zero attached hydrogens (tertiary/aromatic N) is 4. The Balaban J connectivity index is 1.22. The summed E-state index contributed by atoms with van der Waals surface area (Å²) in [7, 11) is 0. The van der Waals surface area contributed by atoms with Crippen molar-refractivity contribution in [1.82, 2.24) is 20.5 Å². The first-order valence-corrected chi connectivity index (χ1v) is 13.2. The molecular formula is C23H40N6S. The van der Waals surface area contributed by atoms with Gasteiger partial charge in [0, 0.05) is 63.2 Å². The first-order chi connectivity index (χ1) is 14.8. The lowest BCUT2D eigenvalue weighted by molar-refractivity contribution is 0.119. The molecule has 0 unspecified atom stereocenters. The number of likely N-dealkylation sites (tertiary alicyclic amines) is 1. The van der Waals surface area contributed by atoms with E-state index in [1.54, 1.807) is 11.3 Å². The summed E-state index contributed by atoms with van der Waals surface area (Å²) < 4.78 is 0. The molecule has 1 aliphatic carbocycles. The molecule has 0 bridgehead atoms. The Kier molecular flexibility index (Phi) is 8.26. The van der Waals surface area contributed by atoms with Crippen LogP contribution in [-0.4, -0.2) is 67.2 Å². The summed E-state index contributed by atoms with van der Waals surface area (Å²) >= 11 is 1.79. The van der Waals surface area contributed by atoms with E-state index in [0.29, 0.717) is 6.04 Å². The highest BCUT2D eigenvalue weighted by Gasteiger charge is 2.26. The first kappa shape index (κ1) is 21.9. The molecule has 4 rings (SSSR count). The van der Waals surface area contributed by atoms with E-state index >= 15 is 0 Å². The van der Waals surface area contributed by atoms with Crippen molar-refractivity contribution in [2.24, 2.45) is 4.99 Å². The molecule has 3 aliphatic rings. The summed E-state index contributed by atoms with van der Waals surface area (Å²) in [6.07, 6.45) is 13.1. The zero-order valence-electron chi connectivity index (χ0n) is 18.7. The topological polar surface area (TPSA) is 55.8 Å². The molecule has 6 nitrogen and oxygen atoms in total. The van der Waals surface area contributed by atoms with Crippen molar-refractivity contribution in [2.45, 2.75) is 83.2 Å². The average Bonchev–Trinajstić information content (AvgIpc) is 3.47. The van der Waals surface area contributed by atoms with E-state index in [1.165, 1.54) is 94.8 Å². The summed E-state index contributed by atoms with van der Waals surface area (Å²) in [5, 5.41) is 10.6. The Labute approximate surface area is 186 Å². The first-order valence-electron chi connectivity index (χ1n) is 12.3. The lowest BCUT2D eigenvalue weighted by Crippen LogP contribution is -2.51. The van der Waals surface area contributed by atoms with Crippen LogP contribution >= 0.6 is 11.3 Å². The Morgan fingerprint density at radius 2 is 1.83 bits per heavy atom. The monoisotopic (exact) mass is 432 g/mol. The molecule has 3 heterocycles. The van der Waals surface area contributed by atoms with Crippen molar-refractivity contribution in [3.63, 3.8) is 0 Å². The smallest absolute Gasteiger partial charge is 0.191 e. The maximum absolute atomic E-state index is 4.85. The highest BCUT2D eigenvalue weighted by molar-refractivity contribution is 7.13. The van der Waals surface area contributed by atoms with Crippen LogP contribution in [0.15, 0.2) is 10.4 Å². The zero-order valence-corrected chi connectivity index (χ0v) is 19.6. The van der Waals surface area contributed by atoms with Crippen LogP contribution in [0.5, 0.6) is 0 Å². The van der Waals surface area contributed by atoms with E-state index in [4.69, 9.17) is 9.98 Å². The Hall–Kier alpha value is -1.34. The van der Waals surface area contributed by atoms with E-state index in [2.05, 4.69) is 32.7 Å². The molecule has 30 heavy (non-hydrogen) atoms. The SMILES string of the molecule is CCNC(=NCCc1csc(N2CCCC2)n1)NC1CCN(C2CCCCC2)CC1. The number of anilines is 1. The molecule has 7 heteroatoms. The molecule has 168 valence electrons. The van der Waals surface area contributed by atoms with E-state index in [-0.39, 0.29) is 0 Å². The number of rotatable bonds is 7. The van der Waals surface area contributed by atoms with Gasteiger partial charge in [-0.15, -0.1) is 11.3 Å². The molecule has 0 radical (unpaired) electrons. The van der Waals surface area contributed by atoms with Gasteiger partial charge in [0.1, 0.15) is 0 Å². The van der Waals surface area contributed by atoms with Gasteiger partial charge in [-0.2, -0.15) is 0 Å². The highest BCUT2D eigenvalue weighted by atomic mass is 32.1. The fraction of sp³-hybridized carbons (Fsp3) is 0.826. The van der Waals surface area contributed by atoms with Gasteiger partial charge < -0.3 is 20.4 Å². The lowest BCUT2D eigenvalue weighted by atomic mass is 9.92. The molecule has 1 aromatic heterocycles. The summed E-state index contributed by atoms with van der Waals surface area (Å²) in [6.45, 7) is 8.64. The van der Waals surface area contributed by atoms with E-state index < -0.39 is 0 Å². The lowest BCUT2D eigenvalue weighted by Gasteiger charge is -2.39. The van der Waals surface area contributed by atoms with Crippen LogP contribution in [0.4, 0.5) is 5.13 Å². The number of hydrogen-bond donors (Lipinski definition) is 2. The molecule has 2 N–H and O–H groups in total. The van der Waals surface area contributed by atoms with Crippen LogP contribution in [-0.2, 0) is 6.42 Å². The molecule has 1 aromatic rings. The van der Waals surface area contributed by atoms with Crippen molar-refractivity contribution in [3.8, 4) is 0 Å². The number of guanidine groups is 1. The van der Waals surface area contributed by atoms with Crippen LogP contribution in [0, 0.1) is 0 Å². The van der Waals surface area contributed by atoms with Gasteiger partial charge >= 0.3 is 0 Å². The third kappa shape index (κ3) is 6.10. The number of aromatic nitrogens is 1. The standard InChI is InChI=1S/C23H40N6S/c1-2-24-22(25-13-10-20-18-30-23(27-20)29-14-6-7-15-29)26-19-11-16-28(17-12-19)21-8-4-3-5-9-21/h18-19,21H,2-17H2,1H3,(H2,24,25,26).